The summed E-state index contributed by atoms with van der Waals surface area (Å²) in [5, 5.41) is 7.69. The van der Waals surface area contributed by atoms with E-state index in [1.807, 2.05) is 38.1 Å². The molecular weight excluding hydrogens is 364 g/mol. The van der Waals surface area contributed by atoms with E-state index in [4.69, 9.17) is 17.0 Å². The maximum atomic E-state index is 12.6. The summed E-state index contributed by atoms with van der Waals surface area (Å²) in [7, 11) is 0. The SMILES string of the molecule is CCOC(=O)c1c(NC(=S)Nc2ccc(C)cc2)sc2c1CCCCC2. The molecule has 0 atom stereocenters. The molecular formula is C20H24N2O2S2. The first-order chi connectivity index (χ1) is 12.6. The molecule has 0 aliphatic heterocycles. The number of hydrogen-bond acceptors (Lipinski definition) is 4. The molecule has 1 aliphatic carbocycles. The Morgan fingerprint density at radius 1 is 1.15 bits per heavy atom. The molecule has 26 heavy (non-hydrogen) atoms. The molecule has 3 rings (SSSR count). The molecule has 0 spiro atoms. The largest absolute Gasteiger partial charge is 0.462 e. The van der Waals surface area contributed by atoms with Crippen LogP contribution in [-0.4, -0.2) is 17.7 Å². The molecule has 0 saturated carbocycles. The van der Waals surface area contributed by atoms with Crippen LogP contribution >= 0.6 is 23.6 Å². The molecule has 0 unspecified atom stereocenters. The van der Waals surface area contributed by atoms with Crippen molar-refractivity contribution in [3.8, 4) is 0 Å². The topological polar surface area (TPSA) is 50.4 Å². The summed E-state index contributed by atoms with van der Waals surface area (Å²) in [6.45, 7) is 4.25. The Kier molecular flexibility index (Phi) is 6.27. The van der Waals surface area contributed by atoms with Crippen LogP contribution in [0.2, 0.25) is 0 Å². The van der Waals surface area contributed by atoms with Crippen molar-refractivity contribution in [2.75, 3.05) is 17.2 Å². The third-order valence-corrected chi connectivity index (χ3v) is 5.85. The van der Waals surface area contributed by atoms with Gasteiger partial charge in [0.05, 0.1) is 12.2 Å². The minimum atomic E-state index is -0.257. The lowest BCUT2D eigenvalue weighted by molar-refractivity contribution is 0.0527. The molecule has 1 heterocycles. The van der Waals surface area contributed by atoms with Crippen molar-refractivity contribution in [3.63, 3.8) is 0 Å². The average Bonchev–Trinajstić information content (AvgIpc) is 2.78. The van der Waals surface area contributed by atoms with Crippen LogP contribution in [0.25, 0.3) is 0 Å². The smallest absolute Gasteiger partial charge is 0.341 e. The lowest BCUT2D eigenvalue weighted by Crippen LogP contribution is -2.20. The Labute approximate surface area is 164 Å². The van der Waals surface area contributed by atoms with Crippen LogP contribution in [-0.2, 0) is 17.6 Å². The first kappa shape index (κ1) is 18.9. The standard InChI is InChI=1S/C20H24N2O2S2/c1-3-24-19(23)17-15-7-5-4-6-8-16(15)26-18(17)22-20(25)21-14-11-9-13(2)10-12-14/h9-12H,3-8H2,1-2H3,(H2,21,22,25). The van der Waals surface area contributed by atoms with Crippen LogP contribution in [0.4, 0.5) is 10.7 Å². The highest BCUT2D eigenvalue weighted by molar-refractivity contribution is 7.80. The maximum absolute atomic E-state index is 12.6. The van der Waals surface area contributed by atoms with Gasteiger partial charge in [0, 0.05) is 10.6 Å². The normalized spacial score (nSPS) is 13.5. The summed E-state index contributed by atoms with van der Waals surface area (Å²) >= 11 is 7.09. The van der Waals surface area contributed by atoms with E-state index < -0.39 is 0 Å². The number of aryl methyl sites for hydroxylation is 2. The minimum absolute atomic E-state index is 0.257. The maximum Gasteiger partial charge on any atom is 0.341 e. The minimum Gasteiger partial charge on any atom is -0.462 e. The Morgan fingerprint density at radius 2 is 1.88 bits per heavy atom. The van der Waals surface area contributed by atoms with E-state index in [1.165, 1.54) is 23.3 Å². The second kappa shape index (κ2) is 8.64. The Balaban J connectivity index is 1.82. The van der Waals surface area contributed by atoms with Crippen LogP contribution in [0.1, 0.15) is 52.5 Å². The molecule has 0 fully saturated rings. The second-order valence-electron chi connectivity index (χ2n) is 6.43. The summed E-state index contributed by atoms with van der Waals surface area (Å²) < 4.78 is 5.31. The van der Waals surface area contributed by atoms with E-state index in [9.17, 15) is 4.79 Å². The number of hydrogen-bond donors (Lipinski definition) is 2. The van der Waals surface area contributed by atoms with Crippen molar-refractivity contribution >= 4 is 45.3 Å². The van der Waals surface area contributed by atoms with Crippen molar-refractivity contribution < 1.29 is 9.53 Å². The highest BCUT2D eigenvalue weighted by Gasteiger charge is 2.26. The van der Waals surface area contributed by atoms with E-state index in [0.717, 1.165) is 35.5 Å². The van der Waals surface area contributed by atoms with Gasteiger partial charge >= 0.3 is 5.97 Å². The molecule has 4 nitrogen and oxygen atoms in total. The van der Waals surface area contributed by atoms with Gasteiger partial charge in [-0.3, -0.25) is 0 Å². The molecule has 1 aliphatic rings. The molecule has 0 saturated heterocycles. The fourth-order valence-electron chi connectivity index (χ4n) is 3.15. The number of thiocarbonyl (C=S) groups is 1. The Bertz CT molecular complexity index is 797. The van der Waals surface area contributed by atoms with Crippen molar-refractivity contribution in [2.24, 2.45) is 0 Å². The predicted molar refractivity (Wildman–Crippen MR) is 113 cm³/mol. The summed E-state index contributed by atoms with van der Waals surface area (Å²) in [5.41, 5.74) is 3.93. The molecule has 6 heteroatoms. The van der Waals surface area contributed by atoms with Crippen molar-refractivity contribution in [1.82, 2.24) is 0 Å². The number of rotatable bonds is 4. The first-order valence-corrected chi connectivity index (χ1v) is 10.3. The summed E-state index contributed by atoms with van der Waals surface area (Å²) in [6.07, 6.45) is 5.44. The van der Waals surface area contributed by atoms with Gasteiger partial charge in [0.15, 0.2) is 5.11 Å². The lowest BCUT2D eigenvalue weighted by atomic mass is 10.1. The molecule has 2 N–H and O–H groups in total. The molecule has 2 aromatic rings. The van der Waals surface area contributed by atoms with Crippen LogP contribution in [0.15, 0.2) is 24.3 Å². The number of carbonyl (C=O) groups is 1. The molecule has 1 aromatic heterocycles. The fraction of sp³-hybridized carbons (Fsp3) is 0.400. The zero-order chi connectivity index (χ0) is 18.5. The van der Waals surface area contributed by atoms with Gasteiger partial charge in [0.1, 0.15) is 5.00 Å². The van der Waals surface area contributed by atoms with Crippen LogP contribution in [0.3, 0.4) is 0 Å². The van der Waals surface area contributed by atoms with E-state index in [1.54, 1.807) is 11.3 Å². The van der Waals surface area contributed by atoms with E-state index in [2.05, 4.69) is 10.6 Å². The average molecular weight is 389 g/mol. The highest BCUT2D eigenvalue weighted by Crippen LogP contribution is 2.38. The second-order valence-corrected chi connectivity index (χ2v) is 7.95. The fourth-order valence-corrected chi connectivity index (χ4v) is 4.72. The number of nitrogens with one attached hydrogen (secondary N) is 2. The molecule has 1 aromatic carbocycles. The lowest BCUT2D eigenvalue weighted by Gasteiger charge is -2.12. The van der Waals surface area contributed by atoms with E-state index in [0.29, 0.717) is 17.3 Å². The number of thiophene rings is 1. The molecule has 0 amide bonds. The summed E-state index contributed by atoms with van der Waals surface area (Å²) in [5.74, 6) is -0.257. The molecule has 138 valence electrons. The van der Waals surface area contributed by atoms with Crippen LogP contribution < -0.4 is 10.6 Å². The molecule has 0 radical (unpaired) electrons. The van der Waals surface area contributed by atoms with Crippen molar-refractivity contribution in [2.45, 2.75) is 46.0 Å². The Hall–Kier alpha value is -1.92. The van der Waals surface area contributed by atoms with Gasteiger partial charge < -0.3 is 15.4 Å². The van der Waals surface area contributed by atoms with Gasteiger partial charge in [0.2, 0.25) is 0 Å². The third-order valence-electron chi connectivity index (χ3n) is 4.44. The molecule has 0 bridgehead atoms. The zero-order valence-corrected chi connectivity index (χ0v) is 16.8. The number of anilines is 2. The van der Waals surface area contributed by atoms with Gasteiger partial charge in [0.25, 0.3) is 0 Å². The van der Waals surface area contributed by atoms with Gasteiger partial charge in [-0.25, -0.2) is 4.79 Å². The van der Waals surface area contributed by atoms with Gasteiger partial charge in [-0.05, 0) is 69.4 Å². The Morgan fingerprint density at radius 3 is 2.62 bits per heavy atom. The highest BCUT2D eigenvalue weighted by atomic mass is 32.1. The van der Waals surface area contributed by atoms with E-state index in [-0.39, 0.29) is 5.97 Å². The quantitative estimate of drug-likeness (QED) is 0.422. The van der Waals surface area contributed by atoms with Gasteiger partial charge in [-0.2, -0.15) is 0 Å². The van der Waals surface area contributed by atoms with E-state index >= 15 is 0 Å². The number of ether oxygens (including phenoxy) is 1. The van der Waals surface area contributed by atoms with Gasteiger partial charge in [-0.15, -0.1) is 11.3 Å². The van der Waals surface area contributed by atoms with Crippen LogP contribution in [0.5, 0.6) is 0 Å². The zero-order valence-electron chi connectivity index (χ0n) is 15.2. The van der Waals surface area contributed by atoms with Crippen LogP contribution in [0, 0.1) is 6.92 Å². The predicted octanol–water partition coefficient (Wildman–Crippen LogP) is 5.31. The number of esters is 1. The summed E-state index contributed by atoms with van der Waals surface area (Å²) in [6, 6.07) is 8.03. The summed E-state index contributed by atoms with van der Waals surface area (Å²) in [4.78, 5) is 13.9. The number of benzene rings is 1. The van der Waals surface area contributed by atoms with Crippen molar-refractivity contribution in [1.29, 1.82) is 0 Å². The van der Waals surface area contributed by atoms with Gasteiger partial charge in [-0.1, -0.05) is 24.1 Å². The number of carbonyl (C=O) groups excluding carboxylic acids is 1. The third kappa shape index (κ3) is 4.43. The van der Waals surface area contributed by atoms with Crippen molar-refractivity contribution in [3.05, 3.63) is 45.8 Å². The number of fused-ring (bicyclic) bond motifs is 1. The first-order valence-electron chi connectivity index (χ1n) is 9.04. The monoisotopic (exact) mass is 388 g/mol.